The number of allylic oxidation sites excluding steroid dienone is 2. The third kappa shape index (κ3) is 3.95. The van der Waals surface area contributed by atoms with Crippen molar-refractivity contribution in [2.24, 2.45) is 17.8 Å². The minimum atomic E-state index is -4.58. The van der Waals surface area contributed by atoms with E-state index in [4.69, 9.17) is 16.3 Å². The van der Waals surface area contributed by atoms with Crippen molar-refractivity contribution < 1.29 is 27.5 Å². The van der Waals surface area contributed by atoms with Crippen molar-refractivity contribution in [1.82, 2.24) is 4.98 Å². The lowest BCUT2D eigenvalue weighted by molar-refractivity contribution is -0.152. The smallest absolute Gasteiger partial charge is 0.417 e. The van der Waals surface area contributed by atoms with Gasteiger partial charge in [0.05, 0.1) is 16.5 Å². The lowest BCUT2D eigenvalue weighted by Crippen LogP contribution is -2.27. The van der Waals surface area contributed by atoms with Crippen LogP contribution in [0.5, 0.6) is 0 Å². The van der Waals surface area contributed by atoms with Gasteiger partial charge in [-0.25, -0.2) is 4.98 Å². The molecule has 134 valence electrons. The third-order valence-electron chi connectivity index (χ3n) is 4.35. The number of alkyl halides is 3. The molecule has 0 radical (unpaired) electrons. The number of halogens is 4. The van der Waals surface area contributed by atoms with Crippen LogP contribution in [0.3, 0.4) is 0 Å². The van der Waals surface area contributed by atoms with Crippen molar-refractivity contribution in [2.75, 3.05) is 11.9 Å². The number of nitrogens with zero attached hydrogens (tertiary/aromatic N) is 1. The van der Waals surface area contributed by atoms with Crippen LogP contribution in [-0.4, -0.2) is 23.5 Å². The second kappa shape index (κ2) is 6.67. The first-order chi connectivity index (χ1) is 11.7. The van der Waals surface area contributed by atoms with Crippen molar-refractivity contribution in [3.63, 3.8) is 0 Å². The van der Waals surface area contributed by atoms with E-state index < -0.39 is 30.2 Å². The summed E-state index contributed by atoms with van der Waals surface area (Å²) in [7, 11) is 0. The highest BCUT2D eigenvalue weighted by molar-refractivity contribution is 6.33. The lowest BCUT2D eigenvalue weighted by Gasteiger charge is -2.16. The number of carbonyl (C=O) groups excluding carboxylic acids is 2. The second-order valence-electron chi connectivity index (χ2n) is 6.09. The summed E-state index contributed by atoms with van der Waals surface area (Å²) < 4.78 is 42.6. The SMILES string of the molecule is O=C(COC(=O)[C@H]1C[C@@H]2C=C[C@H]1C2)Nc1ncc(C(F)(F)F)cc1Cl. The van der Waals surface area contributed by atoms with E-state index in [1.165, 1.54) is 0 Å². The molecule has 9 heteroatoms. The van der Waals surface area contributed by atoms with Crippen molar-refractivity contribution in [3.8, 4) is 0 Å². The molecule has 5 nitrogen and oxygen atoms in total. The van der Waals surface area contributed by atoms with Gasteiger partial charge in [-0.3, -0.25) is 9.59 Å². The Bertz CT molecular complexity index is 736. The number of pyridine rings is 1. The number of fused-ring (bicyclic) bond motifs is 2. The highest BCUT2D eigenvalue weighted by Gasteiger charge is 2.40. The average Bonchev–Trinajstić information content (AvgIpc) is 3.16. The number of ether oxygens (including phenoxy) is 1. The summed E-state index contributed by atoms with van der Waals surface area (Å²) in [6.07, 6.45) is 1.70. The van der Waals surface area contributed by atoms with Gasteiger partial charge in [-0.1, -0.05) is 23.8 Å². The highest BCUT2D eigenvalue weighted by Crippen LogP contribution is 2.43. The molecule has 1 heterocycles. The van der Waals surface area contributed by atoms with Crippen molar-refractivity contribution in [1.29, 1.82) is 0 Å². The number of hydrogen-bond donors (Lipinski definition) is 1. The number of hydrogen-bond acceptors (Lipinski definition) is 4. The van der Waals surface area contributed by atoms with E-state index in [9.17, 15) is 22.8 Å². The van der Waals surface area contributed by atoms with E-state index in [0.717, 1.165) is 6.42 Å². The normalized spacial score (nSPS) is 24.4. The zero-order valence-corrected chi connectivity index (χ0v) is 13.6. The van der Waals surface area contributed by atoms with E-state index in [2.05, 4.69) is 16.4 Å². The summed E-state index contributed by atoms with van der Waals surface area (Å²) in [5.74, 6) is -1.08. The zero-order chi connectivity index (χ0) is 18.2. The summed E-state index contributed by atoms with van der Waals surface area (Å²) in [5, 5.41) is 1.87. The number of aromatic nitrogens is 1. The molecular weight excluding hydrogens is 361 g/mol. The Morgan fingerprint density at radius 1 is 1.32 bits per heavy atom. The molecule has 3 rings (SSSR count). The molecule has 25 heavy (non-hydrogen) atoms. The molecule has 0 unspecified atom stereocenters. The number of anilines is 1. The minimum Gasteiger partial charge on any atom is -0.455 e. The van der Waals surface area contributed by atoms with Crippen LogP contribution in [-0.2, 0) is 20.5 Å². The molecule has 1 saturated carbocycles. The van der Waals surface area contributed by atoms with E-state index in [1.807, 2.05) is 6.08 Å². The molecule has 3 atom stereocenters. The number of rotatable bonds is 4. The number of esters is 1. The summed E-state index contributed by atoms with van der Waals surface area (Å²) in [6, 6.07) is 0.664. The molecular formula is C16H14ClF3N2O3. The molecule has 0 saturated heterocycles. The Morgan fingerprint density at radius 3 is 2.64 bits per heavy atom. The maximum Gasteiger partial charge on any atom is 0.417 e. The van der Waals surface area contributed by atoms with E-state index >= 15 is 0 Å². The molecule has 1 amide bonds. The second-order valence-corrected chi connectivity index (χ2v) is 6.50. The Morgan fingerprint density at radius 2 is 2.08 bits per heavy atom. The van der Waals surface area contributed by atoms with Crippen LogP contribution in [0.2, 0.25) is 5.02 Å². The first-order valence-corrected chi connectivity index (χ1v) is 7.99. The summed E-state index contributed by atoms with van der Waals surface area (Å²) in [4.78, 5) is 27.3. The predicted octanol–water partition coefficient (Wildman–Crippen LogP) is 3.45. The van der Waals surface area contributed by atoms with E-state index in [-0.39, 0.29) is 22.7 Å². The molecule has 1 fully saturated rings. The standard InChI is InChI=1S/C16H14ClF3N2O3/c17-12-5-10(16(18,19)20)6-21-14(12)22-13(23)7-25-15(24)11-4-8-1-2-9(11)3-8/h1-2,5-6,8-9,11H,3-4,7H2,(H,21,22,23)/t8-,9+,11+/m1/s1. The van der Waals surface area contributed by atoms with Crippen LogP contribution in [0.25, 0.3) is 0 Å². The van der Waals surface area contributed by atoms with Crippen molar-refractivity contribution in [2.45, 2.75) is 19.0 Å². The van der Waals surface area contributed by atoms with Gasteiger partial charge in [0.15, 0.2) is 12.4 Å². The topological polar surface area (TPSA) is 68.3 Å². The fourth-order valence-corrected chi connectivity index (χ4v) is 3.36. The van der Waals surface area contributed by atoms with Gasteiger partial charge in [-0.15, -0.1) is 0 Å². The van der Waals surface area contributed by atoms with E-state index in [0.29, 0.717) is 24.6 Å². The number of amides is 1. The van der Waals surface area contributed by atoms with Gasteiger partial charge in [0.1, 0.15) is 0 Å². The first kappa shape index (κ1) is 17.7. The predicted molar refractivity (Wildman–Crippen MR) is 82.7 cm³/mol. The van der Waals surface area contributed by atoms with Gasteiger partial charge >= 0.3 is 12.1 Å². The van der Waals surface area contributed by atoms with E-state index in [1.54, 1.807) is 0 Å². The Labute approximate surface area is 146 Å². The first-order valence-electron chi connectivity index (χ1n) is 7.61. The van der Waals surface area contributed by atoms with Gasteiger partial charge in [-0.2, -0.15) is 13.2 Å². The van der Waals surface area contributed by atoms with Crippen molar-refractivity contribution >= 4 is 29.3 Å². The average molecular weight is 375 g/mol. The van der Waals surface area contributed by atoms with Crippen LogP contribution in [0, 0.1) is 17.8 Å². The minimum absolute atomic E-state index is 0.159. The highest BCUT2D eigenvalue weighted by atomic mass is 35.5. The van der Waals surface area contributed by atoms with Crippen LogP contribution in [0.15, 0.2) is 24.4 Å². The quantitative estimate of drug-likeness (QED) is 0.647. The Balaban J connectivity index is 1.53. The molecule has 1 aromatic heterocycles. The van der Waals surface area contributed by atoms with Gasteiger partial charge in [0.25, 0.3) is 5.91 Å². The molecule has 0 aliphatic heterocycles. The number of carbonyl (C=O) groups is 2. The molecule has 2 bridgehead atoms. The van der Waals surface area contributed by atoms with Crippen LogP contribution < -0.4 is 5.32 Å². The molecule has 0 aromatic carbocycles. The monoisotopic (exact) mass is 374 g/mol. The summed E-state index contributed by atoms with van der Waals surface area (Å²) in [5.41, 5.74) is -1.02. The number of nitrogens with one attached hydrogen (secondary N) is 1. The molecule has 1 N–H and O–H groups in total. The van der Waals surface area contributed by atoms with Gasteiger partial charge in [-0.05, 0) is 30.7 Å². The zero-order valence-electron chi connectivity index (χ0n) is 12.8. The van der Waals surface area contributed by atoms with Gasteiger partial charge < -0.3 is 10.1 Å². The van der Waals surface area contributed by atoms with Crippen LogP contribution >= 0.6 is 11.6 Å². The van der Waals surface area contributed by atoms with Gasteiger partial charge in [0, 0.05) is 6.20 Å². The Hall–Kier alpha value is -2.09. The fourth-order valence-electron chi connectivity index (χ4n) is 3.15. The molecule has 1 aromatic rings. The van der Waals surface area contributed by atoms with Crippen LogP contribution in [0.1, 0.15) is 18.4 Å². The van der Waals surface area contributed by atoms with Gasteiger partial charge in [0.2, 0.25) is 0 Å². The fraction of sp³-hybridized carbons (Fsp3) is 0.438. The summed E-state index contributed by atoms with van der Waals surface area (Å²) in [6.45, 7) is -0.546. The molecule has 2 aliphatic carbocycles. The lowest BCUT2D eigenvalue weighted by atomic mass is 9.94. The molecule has 0 spiro atoms. The Kier molecular flexibility index (Phi) is 4.73. The maximum atomic E-state index is 12.5. The third-order valence-corrected chi connectivity index (χ3v) is 4.64. The molecule has 2 aliphatic rings. The van der Waals surface area contributed by atoms with Crippen LogP contribution in [0.4, 0.5) is 19.0 Å². The summed E-state index contributed by atoms with van der Waals surface area (Å²) >= 11 is 5.70. The maximum absolute atomic E-state index is 12.5. The van der Waals surface area contributed by atoms with Crippen molar-refractivity contribution in [3.05, 3.63) is 35.0 Å². The largest absolute Gasteiger partial charge is 0.455 e.